The largest absolute Gasteiger partial charge is 0.460 e. The number of benzene rings is 2. The molecule has 0 atom stereocenters. The zero-order chi connectivity index (χ0) is 15.6. The molecule has 1 N–H and O–H groups in total. The molecule has 0 aliphatic heterocycles. The third-order valence-corrected chi connectivity index (χ3v) is 2.82. The Kier molecular flexibility index (Phi) is 6.14. The summed E-state index contributed by atoms with van der Waals surface area (Å²) in [5, 5.41) is 0. The van der Waals surface area contributed by atoms with Crippen LogP contribution in [0.1, 0.15) is 17.5 Å². The molecule has 0 unspecified atom stereocenters. The van der Waals surface area contributed by atoms with E-state index in [0.717, 1.165) is 11.1 Å². The molecule has 0 aromatic heterocycles. The zero-order valence-electron chi connectivity index (χ0n) is 12.0. The first kappa shape index (κ1) is 15.7. The van der Waals surface area contributed by atoms with Gasteiger partial charge < -0.3 is 4.74 Å². The highest BCUT2D eigenvalue weighted by atomic mass is 16.7. The lowest BCUT2D eigenvalue weighted by Gasteiger charge is -2.07. The smallest absolute Gasteiger partial charge is 0.315 e. The molecule has 0 saturated heterocycles. The van der Waals surface area contributed by atoms with Crippen molar-refractivity contribution in [3.63, 3.8) is 0 Å². The van der Waals surface area contributed by atoms with E-state index >= 15 is 0 Å². The van der Waals surface area contributed by atoms with Crippen LogP contribution in [0.15, 0.2) is 60.7 Å². The monoisotopic (exact) mass is 299 g/mol. The molecule has 2 aromatic carbocycles. The van der Waals surface area contributed by atoms with Crippen molar-refractivity contribution in [1.82, 2.24) is 5.48 Å². The molecule has 22 heavy (non-hydrogen) atoms. The van der Waals surface area contributed by atoms with Crippen molar-refractivity contribution in [2.75, 3.05) is 0 Å². The van der Waals surface area contributed by atoms with Crippen LogP contribution in [0.25, 0.3) is 0 Å². The normalized spacial score (nSPS) is 10.0. The molecule has 2 aromatic rings. The van der Waals surface area contributed by atoms with E-state index < -0.39 is 11.9 Å². The minimum Gasteiger partial charge on any atom is -0.460 e. The van der Waals surface area contributed by atoms with Gasteiger partial charge in [0.25, 0.3) is 5.91 Å². The molecule has 0 spiro atoms. The van der Waals surface area contributed by atoms with Gasteiger partial charge in [-0.25, -0.2) is 5.48 Å². The van der Waals surface area contributed by atoms with E-state index in [2.05, 4.69) is 5.48 Å². The van der Waals surface area contributed by atoms with Crippen LogP contribution in [0.5, 0.6) is 0 Å². The zero-order valence-corrected chi connectivity index (χ0v) is 12.0. The first-order valence-corrected chi connectivity index (χ1v) is 6.88. The van der Waals surface area contributed by atoms with Crippen LogP contribution in [0, 0.1) is 0 Å². The number of hydrogen-bond donors (Lipinski definition) is 1. The van der Waals surface area contributed by atoms with E-state index in [-0.39, 0.29) is 19.6 Å². The summed E-state index contributed by atoms with van der Waals surface area (Å²) in [6.45, 7) is 0.392. The Morgan fingerprint density at radius 2 is 1.36 bits per heavy atom. The van der Waals surface area contributed by atoms with Crippen LogP contribution < -0.4 is 5.48 Å². The molecule has 0 heterocycles. The molecule has 2 rings (SSSR count). The average Bonchev–Trinajstić information content (AvgIpc) is 2.55. The fourth-order valence-corrected chi connectivity index (χ4v) is 1.73. The highest BCUT2D eigenvalue weighted by Crippen LogP contribution is 2.02. The number of carbonyl (C=O) groups excluding carboxylic acids is 2. The lowest BCUT2D eigenvalue weighted by molar-refractivity contribution is -0.151. The Bertz CT molecular complexity index is 599. The van der Waals surface area contributed by atoms with E-state index in [4.69, 9.17) is 9.57 Å². The number of amides is 1. The van der Waals surface area contributed by atoms with Gasteiger partial charge in [-0.15, -0.1) is 0 Å². The standard InChI is InChI=1S/C17H17NO4/c19-16(18-22-13-15-9-5-2-6-10-15)11-17(20)21-12-14-7-3-1-4-8-14/h1-10H,11-13H2,(H,18,19). The minimum atomic E-state index is -0.593. The first-order chi connectivity index (χ1) is 10.7. The Morgan fingerprint density at radius 3 is 1.95 bits per heavy atom. The second-order valence-corrected chi connectivity index (χ2v) is 4.62. The Balaban J connectivity index is 1.63. The van der Waals surface area contributed by atoms with Crippen molar-refractivity contribution in [3.05, 3.63) is 71.8 Å². The van der Waals surface area contributed by atoms with Gasteiger partial charge in [0.2, 0.25) is 0 Å². The summed E-state index contributed by atoms with van der Waals surface area (Å²) in [5.74, 6) is -1.13. The minimum absolute atomic E-state index is 0.151. The van der Waals surface area contributed by atoms with Crippen LogP contribution in [0.3, 0.4) is 0 Å². The van der Waals surface area contributed by atoms with E-state index in [9.17, 15) is 9.59 Å². The quantitative estimate of drug-likeness (QED) is 0.484. The maximum Gasteiger partial charge on any atom is 0.315 e. The molecular formula is C17H17NO4. The lowest BCUT2D eigenvalue weighted by Crippen LogP contribution is -2.26. The van der Waals surface area contributed by atoms with Crippen molar-refractivity contribution in [2.24, 2.45) is 0 Å². The van der Waals surface area contributed by atoms with E-state index in [1.807, 2.05) is 60.7 Å². The maximum absolute atomic E-state index is 11.5. The van der Waals surface area contributed by atoms with E-state index in [0.29, 0.717) is 0 Å². The van der Waals surface area contributed by atoms with Gasteiger partial charge in [0.05, 0.1) is 6.61 Å². The number of rotatable bonds is 7. The molecule has 0 aliphatic rings. The van der Waals surface area contributed by atoms with Crippen molar-refractivity contribution in [2.45, 2.75) is 19.6 Å². The molecule has 5 nitrogen and oxygen atoms in total. The van der Waals surface area contributed by atoms with Gasteiger partial charge in [0.1, 0.15) is 13.0 Å². The van der Waals surface area contributed by atoms with E-state index in [1.165, 1.54) is 0 Å². The number of ether oxygens (including phenoxy) is 1. The molecule has 5 heteroatoms. The summed E-state index contributed by atoms with van der Waals surface area (Å²) in [5.41, 5.74) is 4.02. The van der Waals surface area contributed by atoms with Gasteiger partial charge in [0, 0.05) is 0 Å². The summed E-state index contributed by atoms with van der Waals surface area (Å²) < 4.78 is 5.01. The van der Waals surface area contributed by atoms with E-state index in [1.54, 1.807) is 0 Å². The average molecular weight is 299 g/mol. The van der Waals surface area contributed by atoms with Crippen molar-refractivity contribution in [1.29, 1.82) is 0 Å². The Labute approximate surface area is 128 Å². The number of nitrogens with one attached hydrogen (secondary N) is 1. The molecule has 0 aliphatic carbocycles. The Morgan fingerprint density at radius 1 is 0.818 bits per heavy atom. The highest BCUT2D eigenvalue weighted by molar-refractivity contribution is 5.93. The SMILES string of the molecule is O=C(CC(=O)OCc1ccccc1)NOCc1ccccc1. The third kappa shape index (κ3) is 5.76. The lowest BCUT2D eigenvalue weighted by atomic mass is 10.2. The Hall–Kier alpha value is -2.66. The molecule has 0 saturated carbocycles. The van der Waals surface area contributed by atoms with Crippen LogP contribution in [-0.2, 0) is 32.4 Å². The summed E-state index contributed by atoms with van der Waals surface area (Å²) in [6, 6.07) is 18.7. The van der Waals surface area contributed by atoms with Crippen LogP contribution >= 0.6 is 0 Å². The van der Waals surface area contributed by atoms with Gasteiger partial charge in [0.15, 0.2) is 0 Å². The predicted octanol–water partition coefficient (Wildman–Crippen LogP) is 2.37. The second-order valence-electron chi connectivity index (χ2n) is 4.62. The molecule has 1 amide bonds. The second kappa shape index (κ2) is 8.59. The van der Waals surface area contributed by atoms with Gasteiger partial charge in [-0.3, -0.25) is 14.4 Å². The number of carbonyl (C=O) groups is 2. The summed E-state index contributed by atoms with van der Waals surface area (Å²) in [4.78, 5) is 28.1. The number of hydrogen-bond acceptors (Lipinski definition) is 4. The fraction of sp³-hybridized carbons (Fsp3) is 0.176. The number of esters is 1. The van der Waals surface area contributed by atoms with Crippen LogP contribution in [-0.4, -0.2) is 11.9 Å². The third-order valence-electron chi connectivity index (χ3n) is 2.82. The summed E-state index contributed by atoms with van der Waals surface area (Å²) in [7, 11) is 0. The first-order valence-electron chi connectivity index (χ1n) is 6.88. The molecular weight excluding hydrogens is 282 g/mol. The van der Waals surface area contributed by atoms with Crippen molar-refractivity contribution in [3.8, 4) is 0 Å². The fourth-order valence-electron chi connectivity index (χ4n) is 1.73. The molecule has 0 bridgehead atoms. The van der Waals surface area contributed by atoms with Gasteiger partial charge in [-0.05, 0) is 11.1 Å². The van der Waals surface area contributed by atoms with Gasteiger partial charge in [-0.2, -0.15) is 0 Å². The van der Waals surface area contributed by atoms with Crippen molar-refractivity contribution < 1.29 is 19.2 Å². The maximum atomic E-state index is 11.5. The highest BCUT2D eigenvalue weighted by Gasteiger charge is 2.10. The topological polar surface area (TPSA) is 64.6 Å². The number of hydroxylamine groups is 1. The van der Waals surface area contributed by atoms with Gasteiger partial charge >= 0.3 is 5.97 Å². The molecule has 0 fully saturated rings. The summed E-state index contributed by atoms with van der Waals surface area (Å²) >= 11 is 0. The predicted molar refractivity (Wildman–Crippen MR) is 80.2 cm³/mol. The van der Waals surface area contributed by atoms with Gasteiger partial charge in [-0.1, -0.05) is 60.7 Å². The van der Waals surface area contributed by atoms with Crippen LogP contribution in [0.4, 0.5) is 0 Å². The summed E-state index contributed by atoms with van der Waals surface area (Å²) in [6.07, 6.45) is -0.373. The molecule has 114 valence electrons. The van der Waals surface area contributed by atoms with Crippen molar-refractivity contribution >= 4 is 11.9 Å². The molecule has 0 radical (unpaired) electrons. The van der Waals surface area contributed by atoms with Crippen LogP contribution in [0.2, 0.25) is 0 Å².